The number of rotatable bonds is 9. The molecule has 0 amide bonds. The monoisotopic (exact) mass is 714 g/mol. The summed E-state index contributed by atoms with van der Waals surface area (Å²) < 4.78 is 72.0. The fourth-order valence-electron chi connectivity index (χ4n) is 5.15. The maximum atomic E-state index is 13.3. The van der Waals surface area contributed by atoms with Gasteiger partial charge in [-0.2, -0.15) is 0 Å². The molecule has 49 heavy (non-hydrogen) atoms. The van der Waals surface area contributed by atoms with Gasteiger partial charge in [0, 0.05) is 36.3 Å². The summed E-state index contributed by atoms with van der Waals surface area (Å²) in [7, 11) is 0. The molecule has 0 radical (unpaired) electrons. The van der Waals surface area contributed by atoms with Crippen molar-refractivity contribution >= 4 is 23.2 Å². The van der Waals surface area contributed by atoms with E-state index >= 15 is 0 Å². The third kappa shape index (κ3) is 8.84. The number of aromatic nitrogens is 4. The van der Waals surface area contributed by atoms with Gasteiger partial charge in [0.05, 0.1) is 52.0 Å². The zero-order valence-electron chi connectivity index (χ0n) is 25.6. The lowest BCUT2D eigenvalue weighted by Gasteiger charge is -2.15. The summed E-state index contributed by atoms with van der Waals surface area (Å²) in [6, 6.07) is 24.0. The van der Waals surface area contributed by atoms with Crippen molar-refractivity contribution in [1.29, 1.82) is 0 Å². The second-order valence-electron chi connectivity index (χ2n) is 10.6. The van der Waals surface area contributed by atoms with Crippen LogP contribution in [-0.4, -0.2) is 25.5 Å². The van der Waals surface area contributed by atoms with Crippen molar-refractivity contribution in [3.05, 3.63) is 148 Å². The smallest absolute Gasteiger partial charge is 0.405 e. The molecule has 0 aliphatic carbocycles. The van der Waals surface area contributed by atoms with Crippen LogP contribution >= 0.6 is 23.2 Å². The molecule has 4 N–H and O–H groups in total. The molecule has 2 heterocycles. The van der Waals surface area contributed by atoms with E-state index in [0.717, 1.165) is 17.3 Å². The van der Waals surface area contributed by atoms with Gasteiger partial charge in [-0.25, -0.2) is 18.7 Å². The number of hydrogen-bond donors (Lipinski definition) is 2. The summed E-state index contributed by atoms with van der Waals surface area (Å²) in [6.07, 6.45) is -1.61. The Morgan fingerprint density at radius 3 is 1.63 bits per heavy atom. The van der Waals surface area contributed by atoms with Crippen molar-refractivity contribution in [3.8, 4) is 28.3 Å². The SMILES string of the molecule is NCc1c(-c2ccc(F)cc2Cl)ncn1Cc1ccccc1.NCc1c(-c2ccc(F)cc2Cl)ncn1Cc1ccccc1OC(F)(F)F. The van der Waals surface area contributed by atoms with Gasteiger partial charge >= 0.3 is 6.36 Å². The molecule has 0 atom stereocenters. The van der Waals surface area contributed by atoms with Crippen LogP contribution < -0.4 is 16.2 Å². The van der Waals surface area contributed by atoms with Gasteiger partial charge in [-0.3, -0.25) is 0 Å². The van der Waals surface area contributed by atoms with Crippen LogP contribution in [0.4, 0.5) is 22.0 Å². The van der Waals surface area contributed by atoms with Gasteiger partial charge in [-0.1, -0.05) is 71.7 Å². The minimum absolute atomic E-state index is 0.0601. The second-order valence-corrected chi connectivity index (χ2v) is 11.4. The lowest BCUT2D eigenvalue weighted by atomic mass is 10.1. The topological polar surface area (TPSA) is 96.9 Å². The van der Waals surface area contributed by atoms with Gasteiger partial charge in [-0.15, -0.1) is 13.2 Å². The van der Waals surface area contributed by atoms with E-state index in [4.69, 9.17) is 34.7 Å². The minimum atomic E-state index is -4.80. The van der Waals surface area contributed by atoms with E-state index in [2.05, 4.69) is 14.7 Å². The molecule has 0 saturated carbocycles. The average Bonchev–Trinajstić information content (AvgIpc) is 3.65. The first-order chi connectivity index (χ1) is 23.5. The number of nitrogens with two attached hydrogens (primary N) is 2. The highest BCUT2D eigenvalue weighted by Gasteiger charge is 2.32. The molecular formula is C35H29Cl2F5N6O. The number of imidazole rings is 2. The Hall–Kier alpha value is -4.75. The molecule has 2 aromatic heterocycles. The van der Waals surface area contributed by atoms with Crippen LogP contribution in [0.15, 0.2) is 104 Å². The van der Waals surface area contributed by atoms with Crippen LogP contribution in [0.5, 0.6) is 5.75 Å². The molecule has 0 aliphatic rings. The van der Waals surface area contributed by atoms with Gasteiger partial charge < -0.3 is 25.3 Å². The summed E-state index contributed by atoms with van der Waals surface area (Å²) >= 11 is 12.2. The van der Waals surface area contributed by atoms with Crippen LogP contribution in [0, 0.1) is 11.6 Å². The largest absolute Gasteiger partial charge is 0.573 e. The molecule has 0 unspecified atom stereocenters. The minimum Gasteiger partial charge on any atom is -0.405 e. The van der Waals surface area contributed by atoms with E-state index in [1.54, 1.807) is 23.0 Å². The Kier molecular flexibility index (Phi) is 11.4. The fourth-order valence-corrected chi connectivity index (χ4v) is 5.66. The Balaban J connectivity index is 0.000000195. The van der Waals surface area contributed by atoms with E-state index in [9.17, 15) is 22.0 Å². The van der Waals surface area contributed by atoms with E-state index in [-0.39, 0.29) is 29.7 Å². The zero-order chi connectivity index (χ0) is 35.1. The molecule has 0 saturated heterocycles. The maximum absolute atomic E-state index is 13.3. The van der Waals surface area contributed by atoms with Crippen LogP contribution in [0.3, 0.4) is 0 Å². The third-order valence-electron chi connectivity index (χ3n) is 7.39. The number of halogens is 7. The van der Waals surface area contributed by atoms with Crippen molar-refractivity contribution in [2.24, 2.45) is 11.5 Å². The first kappa shape index (κ1) is 35.6. The summed E-state index contributed by atoms with van der Waals surface area (Å²) in [4.78, 5) is 8.68. The van der Waals surface area contributed by atoms with Gasteiger partial charge in [0.1, 0.15) is 17.4 Å². The maximum Gasteiger partial charge on any atom is 0.573 e. The van der Waals surface area contributed by atoms with Crippen LogP contribution in [-0.2, 0) is 26.2 Å². The molecule has 4 aromatic carbocycles. The van der Waals surface area contributed by atoms with E-state index in [1.807, 2.05) is 34.9 Å². The van der Waals surface area contributed by atoms with Crippen LogP contribution in [0.25, 0.3) is 22.5 Å². The summed E-state index contributed by atoms with van der Waals surface area (Å²) in [5, 5.41) is 0.496. The average molecular weight is 716 g/mol. The lowest BCUT2D eigenvalue weighted by Crippen LogP contribution is -2.19. The predicted octanol–water partition coefficient (Wildman–Crippen LogP) is 8.60. The van der Waals surface area contributed by atoms with Crippen LogP contribution in [0.2, 0.25) is 10.0 Å². The number of alkyl halides is 3. The van der Waals surface area contributed by atoms with Crippen LogP contribution in [0.1, 0.15) is 22.5 Å². The van der Waals surface area contributed by atoms with Crippen molar-refractivity contribution in [1.82, 2.24) is 19.1 Å². The first-order valence-corrected chi connectivity index (χ1v) is 15.5. The normalized spacial score (nSPS) is 11.3. The number of para-hydroxylation sites is 1. The van der Waals surface area contributed by atoms with Gasteiger partial charge in [-0.05, 0) is 48.0 Å². The zero-order valence-corrected chi connectivity index (χ0v) is 27.2. The number of benzene rings is 4. The molecule has 7 nitrogen and oxygen atoms in total. The molecule has 14 heteroatoms. The lowest BCUT2D eigenvalue weighted by molar-refractivity contribution is -0.274. The van der Waals surface area contributed by atoms with Gasteiger partial charge in [0.15, 0.2) is 0 Å². The Bertz CT molecular complexity index is 2030. The molecular weight excluding hydrogens is 686 g/mol. The highest BCUT2D eigenvalue weighted by molar-refractivity contribution is 6.33. The van der Waals surface area contributed by atoms with Crippen molar-refractivity contribution < 1.29 is 26.7 Å². The molecule has 0 spiro atoms. The first-order valence-electron chi connectivity index (χ1n) is 14.7. The Morgan fingerprint density at radius 2 is 1.14 bits per heavy atom. The molecule has 6 rings (SSSR count). The Morgan fingerprint density at radius 1 is 0.653 bits per heavy atom. The summed E-state index contributed by atoms with van der Waals surface area (Å²) in [6.45, 7) is 1.13. The van der Waals surface area contributed by atoms with Crippen molar-refractivity contribution in [3.63, 3.8) is 0 Å². The highest BCUT2D eigenvalue weighted by Crippen LogP contribution is 2.33. The number of ether oxygens (including phenoxy) is 1. The van der Waals surface area contributed by atoms with E-state index < -0.39 is 12.2 Å². The molecule has 254 valence electrons. The predicted molar refractivity (Wildman–Crippen MR) is 179 cm³/mol. The van der Waals surface area contributed by atoms with E-state index in [0.29, 0.717) is 51.9 Å². The fraction of sp³-hybridized carbons (Fsp3) is 0.143. The molecule has 0 bridgehead atoms. The number of hydrogen-bond acceptors (Lipinski definition) is 5. The van der Waals surface area contributed by atoms with E-state index in [1.165, 1.54) is 48.8 Å². The quantitative estimate of drug-likeness (QED) is 0.146. The van der Waals surface area contributed by atoms with Gasteiger partial charge in [0.2, 0.25) is 0 Å². The molecule has 0 aliphatic heterocycles. The standard InChI is InChI=1S/C18H14ClF4N3O.C17H15ClFN3/c19-14-7-12(20)5-6-13(14)17-15(8-24)26(10-25-17)9-11-3-1-2-4-16(11)27-18(21,22)23;18-15-8-13(19)6-7-14(15)17-16(9-20)22(11-21-17)10-12-4-2-1-3-5-12/h1-7,10H,8-9,24H2;1-8,11H,9-10,20H2. The molecule has 0 fully saturated rings. The third-order valence-corrected chi connectivity index (χ3v) is 8.01. The summed E-state index contributed by atoms with van der Waals surface area (Å²) in [5.41, 5.74) is 16.9. The summed E-state index contributed by atoms with van der Waals surface area (Å²) in [5.74, 6) is -1.16. The Labute approximate surface area is 288 Å². The van der Waals surface area contributed by atoms with Crippen molar-refractivity contribution in [2.75, 3.05) is 0 Å². The number of nitrogens with zero attached hydrogens (tertiary/aromatic N) is 4. The van der Waals surface area contributed by atoms with Crippen molar-refractivity contribution in [2.45, 2.75) is 32.5 Å². The van der Waals surface area contributed by atoms with Gasteiger partial charge in [0.25, 0.3) is 0 Å². The molecule has 6 aromatic rings. The highest BCUT2D eigenvalue weighted by atomic mass is 35.5. The second kappa shape index (κ2) is 15.6.